The van der Waals surface area contributed by atoms with Crippen molar-refractivity contribution in [1.29, 1.82) is 0 Å². The smallest absolute Gasteiger partial charge is 0.337 e. The maximum atomic E-state index is 11.7. The molecule has 1 aliphatic heterocycles. The van der Waals surface area contributed by atoms with Gasteiger partial charge in [0, 0.05) is 6.04 Å². The third kappa shape index (κ3) is 4.28. The summed E-state index contributed by atoms with van der Waals surface area (Å²) in [6.07, 6.45) is 1.61. The van der Waals surface area contributed by atoms with Gasteiger partial charge in [-0.2, -0.15) is 0 Å². The zero-order valence-electron chi connectivity index (χ0n) is 12.8. The van der Waals surface area contributed by atoms with E-state index in [2.05, 4.69) is 14.8 Å². The largest absolute Gasteiger partial charge is 0.465 e. The highest BCUT2D eigenvalue weighted by atomic mass is 32.2. The van der Waals surface area contributed by atoms with Crippen molar-refractivity contribution in [3.8, 4) is 0 Å². The molecule has 1 heterocycles. The molecular formula is C15H22N2O4S. The summed E-state index contributed by atoms with van der Waals surface area (Å²) in [5.74, 6) is -0.0767. The lowest BCUT2D eigenvalue weighted by molar-refractivity contribution is 0.0600. The first-order valence-electron chi connectivity index (χ1n) is 7.28. The van der Waals surface area contributed by atoms with Gasteiger partial charge in [-0.05, 0) is 50.0 Å². The van der Waals surface area contributed by atoms with Crippen molar-refractivity contribution < 1.29 is 17.9 Å². The minimum atomic E-state index is -3.19. The number of hydrogen-bond donors (Lipinski definition) is 2. The lowest BCUT2D eigenvalue weighted by atomic mass is 9.89. The van der Waals surface area contributed by atoms with E-state index in [4.69, 9.17) is 0 Å². The van der Waals surface area contributed by atoms with Crippen LogP contribution in [0.2, 0.25) is 0 Å². The fourth-order valence-electron chi connectivity index (χ4n) is 2.76. The van der Waals surface area contributed by atoms with E-state index in [0.717, 1.165) is 24.9 Å². The summed E-state index contributed by atoms with van der Waals surface area (Å²) in [6, 6.07) is 7.35. The van der Waals surface area contributed by atoms with Gasteiger partial charge in [-0.15, -0.1) is 0 Å². The number of sulfonamides is 1. The number of piperidine rings is 1. The molecular weight excluding hydrogens is 304 g/mol. The van der Waals surface area contributed by atoms with Gasteiger partial charge in [0.15, 0.2) is 0 Å². The van der Waals surface area contributed by atoms with Crippen LogP contribution in [0.1, 0.15) is 34.8 Å². The van der Waals surface area contributed by atoms with E-state index in [1.54, 1.807) is 12.1 Å². The second-order valence-corrected chi connectivity index (χ2v) is 7.47. The summed E-state index contributed by atoms with van der Waals surface area (Å²) >= 11 is 0. The molecule has 2 atom stereocenters. The topological polar surface area (TPSA) is 84.5 Å². The van der Waals surface area contributed by atoms with Gasteiger partial charge in [-0.1, -0.05) is 12.1 Å². The first-order valence-corrected chi connectivity index (χ1v) is 8.93. The normalized spacial score (nSPS) is 22.3. The Kier molecular flexibility index (Phi) is 5.55. The minimum Gasteiger partial charge on any atom is -0.465 e. The van der Waals surface area contributed by atoms with Gasteiger partial charge in [0.25, 0.3) is 0 Å². The van der Waals surface area contributed by atoms with E-state index in [1.807, 2.05) is 12.1 Å². The number of methoxy groups -OCH3 is 1. The average Bonchev–Trinajstić information content (AvgIpc) is 2.54. The zero-order valence-corrected chi connectivity index (χ0v) is 13.7. The minimum absolute atomic E-state index is 0.109. The average molecular weight is 326 g/mol. The van der Waals surface area contributed by atoms with Crippen LogP contribution in [0.4, 0.5) is 0 Å². The van der Waals surface area contributed by atoms with Crippen molar-refractivity contribution in [2.45, 2.75) is 18.9 Å². The predicted octanol–water partition coefficient (Wildman–Crippen LogP) is 1.06. The SMILES string of the molecule is CNS(=O)(=O)CC1CCNC(c2ccc(C(=O)OC)cc2)C1. The highest BCUT2D eigenvalue weighted by Gasteiger charge is 2.26. The molecule has 0 bridgehead atoms. The molecule has 0 amide bonds. The van der Waals surface area contributed by atoms with Crippen LogP contribution in [0.25, 0.3) is 0 Å². The molecule has 1 aromatic rings. The molecule has 0 saturated carbocycles. The van der Waals surface area contributed by atoms with E-state index in [0.29, 0.717) is 5.56 Å². The van der Waals surface area contributed by atoms with Gasteiger partial charge in [0.05, 0.1) is 18.4 Å². The van der Waals surface area contributed by atoms with Crippen molar-refractivity contribution in [3.63, 3.8) is 0 Å². The molecule has 2 unspecified atom stereocenters. The number of nitrogens with one attached hydrogen (secondary N) is 2. The lowest BCUT2D eigenvalue weighted by Gasteiger charge is -2.30. The van der Waals surface area contributed by atoms with Crippen LogP contribution in [-0.4, -0.2) is 40.8 Å². The summed E-state index contributed by atoms with van der Waals surface area (Å²) < 4.78 is 30.4. The third-order valence-electron chi connectivity index (χ3n) is 4.01. The number of benzene rings is 1. The van der Waals surface area contributed by atoms with Gasteiger partial charge in [0.2, 0.25) is 10.0 Å². The lowest BCUT2D eigenvalue weighted by Crippen LogP contribution is -2.36. The zero-order chi connectivity index (χ0) is 16.2. The van der Waals surface area contributed by atoms with Crippen molar-refractivity contribution >= 4 is 16.0 Å². The summed E-state index contributed by atoms with van der Waals surface area (Å²) in [5.41, 5.74) is 1.57. The number of rotatable bonds is 5. The number of carbonyl (C=O) groups excluding carboxylic acids is 1. The Hall–Kier alpha value is -1.44. The van der Waals surface area contributed by atoms with E-state index < -0.39 is 10.0 Å². The Labute approximate surface area is 131 Å². The molecule has 2 rings (SSSR count). The van der Waals surface area contributed by atoms with Gasteiger partial charge >= 0.3 is 5.97 Å². The maximum absolute atomic E-state index is 11.7. The Morgan fingerprint density at radius 1 is 1.36 bits per heavy atom. The number of esters is 1. The molecule has 22 heavy (non-hydrogen) atoms. The van der Waals surface area contributed by atoms with Crippen LogP contribution in [-0.2, 0) is 14.8 Å². The third-order valence-corrected chi connectivity index (χ3v) is 5.54. The summed E-state index contributed by atoms with van der Waals surface area (Å²) in [7, 11) is -0.388. The molecule has 1 aromatic carbocycles. The first-order chi connectivity index (χ1) is 10.4. The molecule has 0 aliphatic carbocycles. The van der Waals surface area contributed by atoms with E-state index in [1.165, 1.54) is 14.2 Å². The van der Waals surface area contributed by atoms with Crippen LogP contribution in [0, 0.1) is 5.92 Å². The molecule has 7 heteroatoms. The van der Waals surface area contributed by atoms with E-state index >= 15 is 0 Å². The summed E-state index contributed by atoms with van der Waals surface area (Å²) in [4.78, 5) is 11.4. The second-order valence-electron chi connectivity index (χ2n) is 5.50. The quantitative estimate of drug-likeness (QED) is 0.791. The van der Waals surface area contributed by atoms with Crippen LogP contribution in [0.15, 0.2) is 24.3 Å². The molecule has 122 valence electrons. The second kappa shape index (κ2) is 7.21. The van der Waals surface area contributed by atoms with Gasteiger partial charge < -0.3 is 10.1 Å². The first kappa shape index (κ1) is 16.9. The molecule has 0 radical (unpaired) electrons. The Balaban J connectivity index is 2.04. The monoisotopic (exact) mass is 326 g/mol. The fourth-order valence-corrected chi connectivity index (χ4v) is 3.85. The van der Waals surface area contributed by atoms with Crippen molar-refractivity contribution in [2.75, 3.05) is 26.5 Å². The van der Waals surface area contributed by atoms with Gasteiger partial charge in [0.1, 0.15) is 0 Å². The van der Waals surface area contributed by atoms with Gasteiger partial charge in [-0.3, -0.25) is 0 Å². The fraction of sp³-hybridized carbons (Fsp3) is 0.533. The maximum Gasteiger partial charge on any atom is 0.337 e. The molecule has 1 aliphatic rings. The molecule has 0 spiro atoms. The predicted molar refractivity (Wildman–Crippen MR) is 84.1 cm³/mol. The highest BCUT2D eigenvalue weighted by molar-refractivity contribution is 7.89. The number of hydrogen-bond acceptors (Lipinski definition) is 5. The number of carbonyl (C=O) groups is 1. The Morgan fingerprint density at radius 2 is 2.05 bits per heavy atom. The van der Waals surface area contributed by atoms with Crippen molar-refractivity contribution in [1.82, 2.24) is 10.0 Å². The molecule has 0 aromatic heterocycles. The Morgan fingerprint density at radius 3 is 2.64 bits per heavy atom. The van der Waals surface area contributed by atoms with Crippen LogP contribution < -0.4 is 10.0 Å². The number of ether oxygens (including phenoxy) is 1. The summed E-state index contributed by atoms with van der Waals surface area (Å²) in [6.45, 7) is 0.785. The molecule has 1 saturated heterocycles. The summed E-state index contributed by atoms with van der Waals surface area (Å²) in [5, 5.41) is 3.40. The molecule has 1 fully saturated rings. The van der Waals surface area contributed by atoms with Crippen molar-refractivity contribution in [2.24, 2.45) is 5.92 Å². The van der Waals surface area contributed by atoms with Crippen molar-refractivity contribution in [3.05, 3.63) is 35.4 Å². The van der Waals surface area contributed by atoms with E-state index in [9.17, 15) is 13.2 Å². The molecule has 2 N–H and O–H groups in total. The standard InChI is InChI=1S/C15H22N2O4S/c1-16-22(19,20)10-11-7-8-17-14(9-11)12-3-5-13(6-4-12)15(18)21-2/h3-6,11,14,16-17H,7-10H2,1-2H3. The van der Waals surface area contributed by atoms with Crippen LogP contribution in [0.3, 0.4) is 0 Å². The molecule has 6 nitrogen and oxygen atoms in total. The van der Waals surface area contributed by atoms with Gasteiger partial charge in [-0.25, -0.2) is 17.9 Å². The Bertz CT molecular complexity index is 613. The highest BCUT2D eigenvalue weighted by Crippen LogP contribution is 2.28. The van der Waals surface area contributed by atoms with E-state index in [-0.39, 0.29) is 23.7 Å². The van der Waals surface area contributed by atoms with Crippen LogP contribution >= 0.6 is 0 Å². The van der Waals surface area contributed by atoms with Crippen LogP contribution in [0.5, 0.6) is 0 Å².